The third-order valence-corrected chi connectivity index (χ3v) is 6.15. The van der Waals surface area contributed by atoms with Gasteiger partial charge in [0.05, 0.1) is 12.2 Å². The quantitative estimate of drug-likeness (QED) is 0.232. The van der Waals surface area contributed by atoms with E-state index in [1.807, 2.05) is 0 Å². The SMILES string of the molecule is C=C(C(C)=C(F)c1ccc(C(=O)OCCCCCC)cc1)C1=C(C)CCCC1(C)C. The van der Waals surface area contributed by atoms with Crippen LogP contribution in [0.25, 0.3) is 5.83 Å². The topological polar surface area (TPSA) is 26.3 Å². The molecular weight excluding hydrogens is 375 g/mol. The molecule has 2 rings (SSSR count). The van der Waals surface area contributed by atoms with E-state index in [1.165, 1.54) is 11.1 Å². The van der Waals surface area contributed by atoms with Crippen molar-refractivity contribution in [2.45, 2.75) is 79.6 Å². The molecule has 0 spiro atoms. The Balaban J connectivity index is 2.12. The van der Waals surface area contributed by atoms with Crippen LogP contribution in [0.4, 0.5) is 4.39 Å². The van der Waals surface area contributed by atoms with Gasteiger partial charge in [-0.2, -0.15) is 0 Å². The summed E-state index contributed by atoms with van der Waals surface area (Å²) in [7, 11) is 0. The zero-order valence-electron chi connectivity index (χ0n) is 19.4. The summed E-state index contributed by atoms with van der Waals surface area (Å²) in [5.74, 6) is -0.644. The van der Waals surface area contributed by atoms with Crippen molar-refractivity contribution in [3.05, 3.63) is 64.3 Å². The third-order valence-electron chi connectivity index (χ3n) is 6.15. The van der Waals surface area contributed by atoms with Crippen LogP contribution in [0.2, 0.25) is 0 Å². The van der Waals surface area contributed by atoms with Crippen LogP contribution < -0.4 is 0 Å². The maximum Gasteiger partial charge on any atom is 0.338 e. The molecule has 0 saturated heterocycles. The highest BCUT2D eigenvalue weighted by atomic mass is 19.1. The van der Waals surface area contributed by atoms with Crippen LogP contribution in [0.1, 0.15) is 95.5 Å². The zero-order chi connectivity index (χ0) is 22.3. The van der Waals surface area contributed by atoms with E-state index in [-0.39, 0.29) is 17.2 Å². The molecule has 2 nitrogen and oxygen atoms in total. The number of hydrogen-bond acceptors (Lipinski definition) is 2. The van der Waals surface area contributed by atoms with Gasteiger partial charge in [-0.05, 0) is 73.8 Å². The second-order valence-electron chi connectivity index (χ2n) is 9.08. The molecule has 1 aliphatic carbocycles. The number of rotatable bonds is 9. The molecule has 0 amide bonds. The number of ether oxygens (including phenoxy) is 1. The Hall–Kier alpha value is -2.16. The van der Waals surface area contributed by atoms with E-state index < -0.39 is 0 Å². The molecule has 1 aromatic carbocycles. The summed E-state index contributed by atoms with van der Waals surface area (Å²) in [5, 5.41) is 0. The molecule has 0 bridgehead atoms. The average Bonchev–Trinajstić information content (AvgIpc) is 2.71. The van der Waals surface area contributed by atoms with Gasteiger partial charge in [0.25, 0.3) is 0 Å². The predicted molar refractivity (Wildman–Crippen MR) is 124 cm³/mol. The van der Waals surface area contributed by atoms with Gasteiger partial charge in [0.1, 0.15) is 5.83 Å². The first-order valence-corrected chi connectivity index (χ1v) is 11.2. The van der Waals surface area contributed by atoms with Crippen molar-refractivity contribution < 1.29 is 13.9 Å². The second kappa shape index (κ2) is 10.7. The Morgan fingerprint density at radius 2 is 1.77 bits per heavy atom. The largest absolute Gasteiger partial charge is 0.462 e. The van der Waals surface area contributed by atoms with Gasteiger partial charge in [0.15, 0.2) is 0 Å². The zero-order valence-corrected chi connectivity index (χ0v) is 19.4. The number of allylic oxidation sites excluding steroid dienone is 4. The van der Waals surface area contributed by atoms with Crippen LogP contribution in [0.15, 0.2) is 53.1 Å². The number of esters is 1. The number of halogens is 1. The standard InChI is InChI=1S/C27H37FO2/c1-7-8-9-10-18-30-26(29)23-15-13-22(14-16-23)25(28)21(4)20(3)24-19(2)12-11-17-27(24,5)6/h13-16H,3,7-12,17-18H2,1-2,4-6H3. The van der Waals surface area contributed by atoms with Gasteiger partial charge in [-0.3, -0.25) is 0 Å². The van der Waals surface area contributed by atoms with Crippen molar-refractivity contribution >= 4 is 11.8 Å². The normalized spacial score (nSPS) is 16.9. The molecule has 0 aromatic heterocycles. The number of carbonyl (C=O) groups excluding carboxylic acids is 1. The monoisotopic (exact) mass is 412 g/mol. The van der Waals surface area contributed by atoms with E-state index in [1.54, 1.807) is 31.2 Å². The highest BCUT2D eigenvalue weighted by Gasteiger charge is 2.31. The summed E-state index contributed by atoms with van der Waals surface area (Å²) in [5.41, 5.74) is 4.75. The Morgan fingerprint density at radius 1 is 1.13 bits per heavy atom. The lowest BCUT2D eigenvalue weighted by Crippen LogP contribution is -2.22. The molecule has 30 heavy (non-hydrogen) atoms. The maximum absolute atomic E-state index is 15.2. The van der Waals surface area contributed by atoms with E-state index in [4.69, 9.17) is 4.74 Å². The van der Waals surface area contributed by atoms with Gasteiger partial charge in [-0.25, -0.2) is 9.18 Å². The molecule has 0 saturated carbocycles. The molecule has 0 unspecified atom stereocenters. The van der Waals surface area contributed by atoms with Crippen LogP contribution >= 0.6 is 0 Å². The second-order valence-corrected chi connectivity index (χ2v) is 9.08. The molecule has 1 aliphatic rings. The van der Waals surface area contributed by atoms with Crippen molar-refractivity contribution in [1.29, 1.82) is 0 Å². The molecule has 0 fully saturated rings. The van der Waals surface area contributed by atoms with Crippen LogP contribution in [-0.4, -0.2) is 12.6 Å². The lowest BCUT2D eigenvalue weighted by atomic mass is 9.69. The Labute approximate surface area is 181 Å². The van der Waals surface area contributed by atoms with Crippen molar-refractivity contribution in [1.82, 2.24) is 0 Å². The smallest absolute Gasteiger partial charge is 0.338 e. The predicted octanol–water partition coefficient (Wildman–Crippen LogP) is 8.21. The number of hydrogen-bond donors (Lipinski definition) is 0. The number of carbonyl (C=O) groups is 1. The lowest BCUT2D eigenvalue weighted by Gasteiger charge is -2.36. The summed E-state index contributed by atoms with van der Waals surface area (Å²) >= 11 is 0. The summed E-state index contributed by atoms with van der Waals surface area (Å²) in [6.07, 6.45) is 7.53. The first kappa shape index (κ1) is 24.1. The molecule has 164 valence electrons. The summed E-state index contributed by atoms with van der Waals surface area (Å²) < 4.78 is 20.6. The van der Waals surface area contributed by atoms with Crippen LogP contribution in [0, 0.1) is 5.41 Å². The summed E-state index contributed by atoms with van der Waals surface area (Å²) in [6, 6.07) is 6.56. The molecule has 0 heterocycles. The number of benzene rings is 1. The Kier molecular flexibility index (Phi) is 8.64. The Morgan fingerprint density at radius 3 is 2.37 bits per heavy atom. The highest BCUT2D eigenvalue weighted by Crippen LogP contribution is 2.45. The van der Waals surface area contributed by atoms with E-state index in [0.29, 0.717) is 23.3 Å². The van der Waals surface area contributed by atoms with Gasteiger partial charge in [-0.1, -0.05) is 64.3 Å². The van der Waals surface area contributed by atoms with Gasteiger partial charge >= 0.3 is 5.97 Å². The molecule has 3 heteroatoms. The molecule has 0 radical (unpaired) electrons. The van der Waals surface area contributed by atoms with Crippen LogP contribution in [-0.2, 0) is 4.74 Å². The summed E-state index contributed by atoms with van der Waals surface area (Å²) in [4.78, 5) is 12.2. The van der Waals surface area contributed by atoms with Crippen molar-refractivity contribution in [3.8, 4) is 0 Å². The fourth-order valence-corrected chi connectivity index (χ4v) is 4.36. The van der Waals surface area contributed by atoms with E-state index in [2.05, 4.69) is 34.3 Å². The first-order valence-electron chi connectivity index (χ1n) is 11.2. The fourth-order valence-electron chi connectivity index (χ4n) is 4.36. The van der Waals surface area contributed by atoms with Crippen LogP contribution in [0.5, 0.6) is 0 Å². The minimum atomic E-state index is -0.353. The maximum atomic E-state index is 15.2. The third kappa shape index (κ3) is 5.93. The van der Waals surface area contributed by atoms with Crippen molar-refractivity contribution in [2.75, 3.05) is 6.61 Å². The summed E-state index contributed by atoms with van der Waals surface area (Å²) in [6.45, 7) is 15.2. The van der Waals surface area contributed by atoms with Gasteiger partial charge in [0.2, 0.25) is 0 Å². The molecule has 0 aliphatic heterocycles. The first-order chi connectivity index (χ1) is 14.2. The minimum Gasteiger partial charge on any atom is -0.462 e. The van der Waals surface area contributed by atoms with Crippen LogP contribution in [0.3, 0.4) is 0 Å². The molecule has 1 aromatic rings. The van der Waals surface area contributed by atoms with Gasteiger partial charge < -0.3 is 4.74 Å². The van der Waals surface area contributed by atoms with E-state index in [0.717, 1.165) is 50.5 Å². The molecular formula is C27H37FO2. The van der Waals surface area contributed by atoms with E-state index in [9.17, 15) is 4.79 Å². The highest BCUT2D eigenvalue weighted by molar-refractivity contribution is 5.89. The van der Waals surface area contributed by atoms with Crippen molar-refractivity contribution in [3.63, 3.8) is 0 Å². The van der Waals surface area contributed by atoms with Crippen molar-refractivity contribution in [2.24, 2.45) is 5.41 Å². The van der Waals surface area contributed by atoms with Gasteiger partial charge in [0, 0.05) is 5.56 Å². The Bertz CT molecular complexity index is 825. The van der Waals surface area contributed by atoms with E-state index >= 15 is 4.39 Å². The lowest BCUT2D eigenvalue weighted by molar-refractivity contribution is 0.0498. The average molecular weight is 413 g/mol. The molecule has 0 N–H and O–H groups in total. The number of unbranched alkanes of at least 4 members (excludes halogenated alkanes) is 3. The fraction of sp³-hybridized carbons (Fsp3) is 0.519. The molecule has 0 atom stereocenters. The van der Waals surface area contributed by atoms with Gasteiger partial charge in [-0.15, -0.1) is 0 Å². The minimum absolute atomic E-state index is 0.00566.